The largest absolute Gasteiger partial charge is 0.480 e. The van der Waals surface area contributed by atoms with Crippen LogP contribution in [-0.2, 0) is 13.9 Å². The van der Waals surface area contributed by atoms with Crippen LogP contribution in [0.1, 0.15) is 13.3 Å². The van der Waals surface area contributed by atoms with E-state index in [0.29, 0.717) is 0 Å². The van der Waals surface area contributed by atoms with Crippen molar-refractivity contribution in [3.8, 4) is 11.8 Å². The summed E-state index contributed by atoms with van der Waals surface area (Å²) in [5.74, 6) is 3.37. The molecule has 0 bridgehead atoms. The molecular weight excluding hydrogens is 203 g/mol. The molecule has 1 N–H and O–H groups in total. The number of hydrogen-bond acceptors (Lipinski definition) is 3. The highest BCUT2D eigenvalue weighted by Crippen LogP contribution is 2.42. The number of rotatable bonds is 5. The molecule has 0 radical (unpaired) electrons. The van der Waals surface area contributed by atoms with Gasteiger partial charge in [-0.25, -0.2) is 0 Å². The summed E-state index contributed by atoms with van der Waals surface area (Å²) in [4.78, 5) is 10.7. The maximum absolute atomic E-state index is 11.5. The number of carboxylic acid groups (broad SMARTS) is 1. The standard InChI is InChI=1S/C9H15O4P/c1-4-5-8(9(10)11)6-7-14(3,12)13-2/h8H,6-7H2,1-3H3,(H,10,11). The second kappa shape index (κ2) is 5.85. The SMILES string of the molecule is CC#CC(CCP(C)(=O)OC)C(=O)O. The topological polar surface area (TPSA) is 63.6 Å². The molecule has 2 atom stereocenters. The van der Waals surface area contributed by atoms with Crippen molar-refractivity contribution in [2.45, 2.75) is 13.3 Å². The Morgan fingerprint density at radius 1 is 1.64 bits per heavy atom. The molecule has 0 amide bonds. The van der Waals surface area contributed by atoms with Crippen molar-refractivity contribution < 1.29 is 19.0 Å². The van der Waals surface area contributed by atoms with Crippen molar-refractivity contribution in [1.82, 2.24) is 0 Å². The van der Waals surface area contributed by atoms with Gasteiger partial charge in [0, 0.05) is 19.9 Å². The molecule has 0 saturated carbocycles. The first-order valence-corrected chi connectivity index (χ1v) is 6.46. The number of hydrogen-bond donors (Lipinski definition) is 1. The average molecular weight is 218 g/mol. The fourth-order valence-electron chi connectivity index (χ4n) is 0.887. The quantitative estimate of drug-likeness (QED) is 0.563. The lowest BCUT2D eigenvalue weighted by molar-refractivity contribution is -0.139. The lowest BCUT2D eigenvalue weighted by Crippen LogP contribution is -2.13. The summed E-state index contributed by atoms with van der Waals surface area (Å²) in [7, 11) is -1.26. The molecule has 5 heteroatoms. The molecule has 0 rings (SSSR count). The molecule has 0 aliphatic rings. The molecule has 80 valence electrons. The number of carbonyl (C=O) groups is 1. The Kier molecular flexibility index (Phi) is 5.52. The van der Waals surface area contributed by atoms with E-state index < -0.39 is 19.3 Å². The third-order valence-electron chi connectivity index (χ3n) is 1.83. The van der Waals surface area contributed by atoms with Crippen LogP contribution in [-0.4, -0.2) is 31.0 Å². The lowest BCUT2D eigenvalue weighted by Gasteiger charge is -2.11. The number of carboxylic acids is 1. The third-order valence-corrected chi connectivity index (χ3v) is 3.67. The van der Waals surface area contributed by atoms with Gasteiger partial charge < -0.3 is 9.63 Å². The van der Waals surface area contributed by atoms with E-state index in [2.05, 4.69) is 11.8 Å². The van der Waals surface area contributed by atoms with Gasteiger partial charge in [0.1, 0.15) is 5.92 Å². The van der Waals surface area contributed by atoms with Crippen LogP contribution in [0, 0.1) is 17.8 Å². The second-order valence-corrected chi connectivity index (χ2v) is 5.83. The Hall–Kier alpha value is -0.780. The van der Waals surface area contributed by atoms with E-state index in [1.54, 1.807) is 6.92 Å². The summed E-state index contributed by atoms with van der Waals surface area (Å²) in [6, 6.07) is 0. The molecule has 0 aromatic heterocycles. The highest BCUT2D eigenvalue weighted by molar-refractivity contribution is 7.58. The van der Waals surface area contributed by atoms with Crippen LogP contribution in [0.15, 0.2) is 0 Å². The van der Waals surface area contributed by atoms with E-state index in [4.69, 9.17) is 9.63 Å². The van der Waals surface area contributed by atoms with Gasteiger partial charge in [-0.3, -0.25) is 9.36 Å². The van der Waals surface area contributed by atoms with Crippen LogP contribution in [0.5, 0.6) is 0 Å². The first-order chi connectivity index (χ1) is 6.43. The van der Waals surface area contributed by atoms with Gasteiger partial charge in [-0.2, -0.15) is 0 Å². The molecule has 0 aliphatic carbocycles. The summed E-state index contributed by atoms with van der Waals surface area (Å²) in [5.41, 5.74) is 0. The van der Waals surface area contributed by atoms with Crippen molar-refractivity contribution >= 4 is 13.3 Å². The Morgan fingerprint density at radius 2 is 2.21 bits per heavy atom. The van der Waals surface area contributed by atoms with E-state index in [-0.39, 0.29) is 12.6 Å². The highest BCUT2D eigenvalue weighted by atomic mass is 31.2. The van der Waals surface area contributed by atoms with Crippen LogP contribution in [0.2, 0.25) is 0 Å². The molecule has 2 unspecified atom stereocenters. The first kappa shape index (κ1) is 13.2. The Morgan fingerprint density at radius 3 is 2.57 bits per heavy atom. The van der Waals surface area contributed by atoms with Crippen molar-refractivity contribution in [3.05, 3.63) is 0 Å². The van der Waals surface area contributed by atoms with Gasteiger partial charge in [-0.15, -0.1) is 5.92 Å². The third kappa shape index (κ3) is 5.06. The van der Waals surface area contributed by atoms with E-state index >= 15 is 0 Å². The minimum absolute atomic E-state index is 0.245. The maximum Gasteiger partial charge on any atom is 0.318 e. The highest BCUT2D eigenvalue weighted by Gasteiger charge is 2.20. The average Bonchev–Trinajstić information content (AvgIpc) is 2.12. The van der Waals surface area contributed by atoms with E-state index in [0.717, 1.165) is 0 Å². The van der Waals surface area contributed by atoms with Gasteiger partial charge in [-0.05, 0) is 13.3 Å². The summed E-state index contributed by atoms with van der Waals surface area (Å²) in [5, 5.41) is 8.74. The van der Waals surface area contributed by atoms with Gasteiger partial charge >= 0.3 is 5.97 Å². The second-order valence-electron chi connectivity index (χ2n) is 2.99. The molecule has 14 heavy (non-hydrogen) atoms. The Bertz CT molecular complexity index is 300. The zero-order valence-electron chi connectivity index (χ0n) is 8.61. The van der Waals surface area contributed by atoms with Gasteiger partial charge in [0.15, 0.2) is 7.37 Å². The van der Waals surface area contributed by atoms with E-state index in [1.165, 1.54) is 13.8 Å². The normalized spacial score (nSPS) is 16.2. The monoisotopic (exact) mass is 218 g/mol. The number of aliphatic carboxylic acids is 1. The van der Waals surface area contributed by atoms with Crippen LogP contribution < -0.4 is 0 Å². The molecule has 0 aliphatic heterocycles. The fraction of sp³-hybridized carbons (Fsp3) is 0.667. The minimum Gasteiger partial charge on any atom is -0.480 e. The summed E-state index contributed by atoms with van der Waals surface area (Å²) < 4.78 is 16.2. The van der Waals surface area contributed by atoms with E-state index in [9.17, 15) is 9.36 Å². The predicted octanol–water partition coefficient (Wildman–Crippen LogP) is 1.65. The van der Waals surface area contributed by atoms with Crippen molar-refractivity contribution in [1.29, 1.82) is 0 Å². The van der Waals surface area contributed by atoms with Crippen LogP contribution in [0.4, 0.5) is 0 Å². The first-order valence-electron chi connectivity index (χ1n) is 4.20. The maximum atomic E-state index is 11.5. The van der Waals surface area contributed by atoms with E-state index in [1.807, 2.05) is 0 Å². The minimum atomic E-state index is -2.62. The Labute approximate surface area is 84.1 Å². The molecule has 0 aromatic carbocycles. The fourth-order valence-corrected chi connectivity index (χ4v) is 1.80. The zero-order valence-corrected chi connectivity index (χ0v) is 9.51. The van der Waals surface area contributed by atoms with Crippen LogP contribution in [0.25, 0.3) is 0 Å². The van der Waals surface area contributed by atoms with Crippen molar-refractivity contribution in [2.75, 3.05) is 19.9 Å². The zero-order chi connectivity index (χ0) is 11.2. The molecule has 0 aromatic rings. The van der Waals surface area contributed by atoms with Crippen LogP contribution >= 0.6 is 7.37 Å². The summed E-state index contributed by atoms with van der Waals surface area (Å²) in [6.45, 7) is 3.07. The summed E-state index contributed by atoms with van der Waals surface area (Å²) >= 11 is 0. The van der Waals surface area contributed by atoms with Gasteiger partial charge in [0.05, 0.1) is 0 Å². The molecule has 4 nitrogen and oxygen atoms in total. The molecule has 0 spiro atoms. The predicted molar refractivity (Wildman–Crippen MR) is 54.6 cm³/mol. The Balaban J connectivity index is 4.25. The van der Waals surface area contributed by atoms with Crippen molar-refractivity contribution in [3.63, 3.8) is 0 Å². The lowest BCUT2D eigenvalue weighted by atomic mass is 10.1. The van der Waals surface area contributed by atoms with Gasteiger partial charge in [-0.1, -0.05) is 5.92 Å². The molecule has 0 fully saturated rings. The molecule has 0 saturated heterocycles. The molecule has 0 heterocycles. The van der Waals surface area contributed by atoms with Crippen LogP contribution in [0.3, 0.4) is 0 Å². The van der Waals surface area contributed by atoms with Gasteiger partial charge in [0.25, 0.3) is 0 Å². The molecular formula is C9H15O4P. The summed E-state index contributed by atoms with van der Waals surface area (Å²) in [6.07, 6.45) is 0.507. The smallest absolute Gasteiger partial charge is 0.318 e. The van der Waals surface area contributed by atoms with Gasteiger partial charge in [0.2, 0.25) is 0 Å². The van der Waals surface area contributed by atoms with Crippen molar-refractivity contribution in [2.24, 2.45) is 5.92 Å².